The van der Waals surface area contributed by atoms with E-state index in [0.717, 1.165) is 16.8 Å². The maximum absolute atomic E-state index is 13.4. The summed E-state index contributed by atoms with van der Waals surface area (Å²) in [6.07, 6.45) is 0. The quantitative estimate of drug-likeness (QED) is 0.233. The molecule has 3 aromatic rings. The zero-order chi connectivity index (χ0) is 27.4. The minimum atomic E-state index is -0.745. The fourth-order valence-corrected chi connectivity index (χ4v) is 4.40. The molecule has 7 nitrogen and oxygen atoms in total. The highest BCUT2D eigenvalue weighted by molar-refractivity contribution is 6.46. The molecular weight excluding hydrogens is 480 g/mol. The van der Waals surface area contributed by atoms with Crippen LogP contribution in [0.5, 0.6) is 11.5 Å². The molecule has 0 spiro atoms. The summed E-state index contributed by atoms with van der Waals surface area (Å²) < 4.78 is 11.0. The molecule has 1 aliphatic rings. The highest BCUT2D eigenvalue weighted by Gasteiger charge is 2.46. The highest BCUT2D eigenvalue weighted by atomic mass is 16.5. The first-order valence-electron chi connectivity index (χ1n) is 12.6. The molecule has 4 rings (SSSR count). The summed E-state index contributed by atoms with van der Waals surface area (Å²) in [6.45, 7) is 4.91. The molecule has 0 aliphatic carbocycles. The number of methoxy groups -OCH3 is 1. The number of aliphatic hydroxyl groups is 1. The minimum Gasteiger partial charge on any atom is -0.507 e. The lowest BCUT2D eigenvalue weighted by atomic mass is 9.95. The number of hydrogen-bond donors (Lipinski definition) is 1. The predicted molar refractivity (Wildman–Crippen MR) is 148 cm³/mol. The lowest BCUT2D eigenvalue weighted by Crippen LogP contribution is -2.29. The van der Waals surface area contributed by atoms with E-state index in [2.05, 4.69) is 13.8 Å². The number of amides is 1. The molecule has 1 fully saturated rings. The number of anilines is 1. The van der Waals surface area contributed by atoms with Gasteiger partial charge in [-0.05, 0) is 65.6 Å². The molecule has 198 valence electrons. The SMILES string of the molecule is COc1ccc(CN2C(=O)C(=O)/C(=C(\O)c3ccc(OCC(C)C)cc3)C2c2ccc(N(C)C)cc2)cc1. The first kappa shape index (κ1) is 26.8. The molecule has 0 aromatic heterocycles. The number of aliphatic hydroxyl groups excluding tert-OH is 1. The van der Waals surface area contributed by atoms with Crippen molar-refractivity contribution in [1.29, 1.82) is 0 Å². The van der Waals surface area contributed by atoms with Crippen LogP contribution in [-0.4, -0.2) is 49.5 Å². The second kappa shape index (κ2) is 11.4. The Morgan fingerprint density at radius 1 is 0.921 bits per heavy atom. The van der Waals surface area contributed by atoms with Gasteiger partial charge in [0, 0.05) is 31.9 Å². The lowest BCUT2D eigenvalue weighted by Gasteiger charge is -2.26. The van der Waals surface area contributed by atoms with Crippen molar-refractivity contribution in [3.8, 4) is 11.5 Å². The number of likely N-dealkylation sites (tertiary alicyclic amines) is 1. The van der Waals surface area contributed by atoms with Crippen molar-refractivity contribution in [1.82, 2.24) is 4.90 Å². The van der Waals surface area contributed by atoms with Gasteiger partial charge in [0.15, 0.2) is 0 Å². The Bertz CT molecular complexity index is 1310. The van der Waals surface area contributed by atoms with Crippen LogP contribution in [-0.2, 0) is 16.1 Å². The molecule has 38 heavy (non-hydrogen) atoms. The summed E-state index contributed by atoms with van der Waals surface area (Å²) >= 11 is 0. The van der Waals surface area contributed by atoms with Gasteiger partial charge in [0.1, 0.15) is 17.3 Å². The highest BCUT2D eigenvalue weighted by Crippen LogP contribution is 2.41. The lowest BCUT2D eigenvalue weighted by molar-refractivity contribution is -0.140. The van der Waals surface area contributed by atoms with Gasteiger partial charge in [-0.25, -0.2) is 0 Å². The molecule has 1 heterocycles. The number of nitrogens with zero attached hydrogens (tertiary/aromatic N) is 2. The summed E-state index contributed by atoms with van der Waals surface area (Å²) in [5.41, 5.74) is 3.07. The Balaban J connectivity index is 1.75. The van der Waals surface area contributed by atoms with Crippen LogP contribution in [0.25, 0.3) is 5.76 Å². The van der Waals surface area contributed by atoms with E-state index >= 15 is 0 Å². The first-order valence-corrected chi connectivity index (χ1v) is 12.6. The van der Waals surface area contributed by atoms with Gasteiger partial charge in [-0.2, -0.15) is 0 Å². The maximum atomic E-state index is 13.4. The number of carbonyl (C=O) groups is 2. The Morgan fingerprint density at radius 3 is 2.08 bits per heavy atom. The molecule has 7 heteroatoms. The monoisotopic (exact) mass is 514 g/mol. The van der Waals surface area contributed by atoms with Crippen molar-refractivity contribution < 1.29 is 24.2 Å². The van der Waals surface area contributed by atoms with E-state index in [4.69, 9.17) is 9.47 Å². The van der Waals surface area contributed by atoms with Gasteiger partial charge in [0.2, 0.25) is 0 Å². The number of ketones is 1. The van der Waals surface area contributed by atoms with Crippen LogP contribution < -0.4 is 14.4 Å². The van der Waals surface area contributed by atoms with Crippen LogP contribution in [0.3, 0.4) is 0 Å². The zero-order valence-corrected chi connectivity index (χ0v) is 22.5. The fourth-order valence-electron chi connectivity index (χ4n) is 4.40. The number of carbonyl (C=O) groups excluding carboxylic acids is 2. The van der Waals surface area contributed by atoms with Gasteiger partial charge >= 0.3 is 0 Å². The average Bonchev–Trinajstić information content (AvgIpc) is 3.17. The van der Waals surface area contributed by atoms with Gasteiger partial charge in [-0.1, -0.05) is 38.1 Å². The number of rotatable bonds is 9. The van der Waals surface area contributed by atoms with Crippen LogP contribution in [0.2, 0.25) is 0 Å². The van der Waals surface area contributed by atoms with Gasteiger partial charge in [-0.15, -0.1) is 0 Å². The molecular formula is C31H34N2O5. The van der Waals surface area contributed by atoms with E-state index in [1.54, 1.807) is 31.4 Å². The third kappa shape index (κ3) is 5.67. The third-order valence-corrected chi connectivity index (χ3v) is 6.49. The average molecular weight is 515 g/mol. The predicted octanol–water partition coefficient (Wildman–Crippen LogP) is 5.42. The van der Waals surface area contributed by atoms with E-state index in [1.807, 2.05) is 67.5 Å². The topological polar surface area (TPSA) is 79.3 Å². The second-order valence-electron chi connectivity index (χ2n) is 9.99. The van der Waals surface area contributed by atoms with E-state index in [-0.39, 0.29) is 17.9 Å². The van der Waals surface area contributed by atoms with Crippen LogP contribution in [0.15, 0.2) is 78.4 Å². The Labute approximate surface area is 223 Å². The number of hydrogen-bond acceptors (Lipinski definition) is 6. The molecule has 0 radical (unpaired) electrons. The van der Waals surface area contributed by atoms with Gasteiger partial charge in [0.25, 0.3) is 11.7 Å². The minimum absolute atomic E-state index is 0.0666. The van der Waals surface area contributed by atoms with E-state index in [9.17, 15) is 14.7 Å². The van der Waals surface area contributed by atoms with Crippen molar-refractivity contribution in [3.05, 3.63) is 95.1 Å². The van der Waals surface area contributed by atoms with Crippen LogP contribution in [0.1, 0.15) is 36.6 Å². The molecule has 1 atom stereocenters. The molecule has 0 bridgehead atoms. The molecule has 3 aromatic carbocycles. The normalized spacial score (nSPS) is 16.7. The van der Waals surface area contributed by atoms with Crippen molar-refractivity contribution >= 4 is 23.1 Å². The number of ether oxygens (including phenoxy) is 2. The standard InChI is InChI=1S/C31H34N2O5/c1-20(2)19-38-26-16-10-23(11-17-26)29(34)27-28(22-8-12-24(13-9-22)32(3)4)33(31(36)30(27)35)18-21-6-14-25(37-5)15-7-21/h6-17,20,28,34H,18-19H2,1-5H3/b29-27-. The number of Topliss-reactive ketones (excluding diaryl/α,β-unsaturated/α-hetero) is 1. The molecule has 1 N–H and O–H groups in total. The van der Waals surface area contributed by atoms with E-state index in [1.165, 1.54) is 4.90 Å². The fraction of sp³-hybridized carbons (Fsp3) is 0.290. The molecule has 1 saturated heterocycles. The van der Waals surface area contributed by atoms with E-state index in [0.29, 0.717) is 29.6 Å². The Morgan fingerprint density at radius 2 is 1.53 bits per heavy atom. The first-order chi connectivity index (χ1) is 18.2. The van der Waals surface area contributed by atoms with Gasteiger partial charge in [0.05, 0.1) is 25.3 Å². The van der Waals surface area contributed by atoms with Crippen LogP contribution >= 0.6 is 0 Å². The van der Waals surface area contributed by atoms with Crippen LogP contribution in [0.4, 0.5) is 5.69 Å². The van der Waals surface area contributed by atoms with Crippen molar-refractivity contribution in [2.45, 2.75) is 26.4 Å². The van der Waals surface area contributed by atoms with Crippen molar-refractivity contribution in [2.24, 2.45) is 5.92 Å². The number of benzene rings is 3. The van der Waals surface area contributed by atoms with Crippen LogP contribution in [0, 0.1) is 5.92 Å². The molecule has 0 saturated carbocycles. The second-order valence-corrected chi connectivity index (χ2v) is 9.99. The van der Waals surface area contributed by atoms with Crippen molar-refractivity contribution in [3.63, 3.8) is 0 Å². The Hall–Kier alpha value is -4.26. The zero-order valence-electron chi connectivity index (χ0n) is 22.5. The van der Waals surface area contributed by atoms with E-state index < -0.39 is 17.7 Å². The molecule has 1 aliphatic heterocycles. The summed E-state index contributed by atoms with van der Waals surface area (Å²) in [4.78, 5) is 30.2. The summed E-state index contributed by atoms with van der Waals surface area (Å²) in [5, 5.41) is 11.4. The van der Waals surface area contributed by atoms with Crippen molar-refractivity contribution in [2.75, 3.05) is 32.7 Å². The summed E-state index contributed by atoms with van der Waals surface area (Å²) in [7, 11) is 5.48. The summed E-state index contributed by atoms with van der Waals surface area (Å²) in [6, 6.07) is 21.2. The van der Waals surface area contributed by atoms with Gasteiger partial charge in [-0.3, -0.25) is 9.59 Å². The smallest absolute Gasteiger partial charge is 0.295 e. The largest absolute Gasteiger partial charge is 0.507 e. The molecule has 1 unspecified atom stereocenters. The molecule has 1 amide bonds. The summed E-state index contributed by atoms with van der Waals surface area (Å²) in [5.74, 6) is 0.179. The van der Waals surface area contributed by atoms with Gasteiger partial charge < -0.3 is 24.4 Å². The Kier molecular flexibility index (Phi) is 8.05. The third-order valence-electron chi connectivity index (χ3n) is 6.49. The maximum Gasteiger partial charge on any atom is 0.295 e.